The molecule has 0 spiro atoms. The maximum atomic E-state index is 9.38. The quantitative estimate of drug-likeness (QED) is 0.488. The van der Waals surface area contributed by atoms with Gasteiger partial charge in [0.05, 0.1) is 0 Å². The summed E-state index contributed by atoms with van der Waals surface area (Å²) in [6, 6.07) is 1.05. The van der Waals surface area contributed by atoms with Gasteiger partial charge in [0.2, 0.25) is 0 Å². The van der Waals surface area contributed by atoms with Gasteiger partial charge in [-0.1, -0.05) is 0 Å². The number of hydrogen-bond acceptors (Lipinski definition) is 2. The van der Waals surface area contributed by atoms with Gasteiger partial charge in [0, 0.05) is 0 Å². The number of fused-ring (bicyclic) bond motifs is 1. The smallest absolute Gasteiger partial charge is 1.00 e. The van der Waals surface area contributed by atoms with E-state index in [9.17, 15) is 5.11 Å². The molecule has 21 heavy (non-hydrogen) atoms. The van der Waals surface area contributed by atoms with Gasteiger partial charge in [-0.2, -0.15) is 0 Å². The van der Waals surface area contributed by atoms with Gasteiger partial charge in [-0.3, -0.25) is 0 Å². The fraction of sp³-hybridized carbons (Fsp3) is 0.714. The third-order valence-electron chi connectivity index (χ3n) is 4.76. The molecule has 0 aromatic heterocycles. The van der Waals surface area contributed by atoms with E-state index in [2.05, 4.69) is 66.2 Å². The van der Waals surface area contributed by atoms with Crippen molar-refractivity contribution < 1.29 is 50.4 Å². The number of halogens is 2. The SMILES string of the molecule is CC(C)(C)NC1=C2C(=[C]([Ti+2])C1)[Si]2(C)[Si](C)(C)CCO.[Cl-].[Cl-]. The first-order valence-corrected chi connectivity index (χ1v) is 14.6. The monoisotopic (exact) mass is 398 g/mol. The first kappa shape index (κ1) is 22.0. The van der Waals surface area contributed by atoms with Gasteiger partial charge < -0.3 is 24.8 Å². The van der Waals surface area contributed by atoms with Crippen molar-refractivity contribution in [1.29, 1.82) is 0 Å². The molecule has 0 bridgehead atoms. The maximum Gasteiger partial charge on any atom is -1.00 e. The zero-order chi connectivity index (χ0) is 14.6. The Morgan fingerprint density at radius 1 is 1.24 bits per heavy atom. The fourth-order valence-electron chi connectivity index (χ4n) is 3.40. The molecule has 0 aromatic carbocycles. The number of hydrogen-bond donors (Lipinski definition) is 2. The molecule has 0 radical (unpaired) electrons. The van der Waals surface area contributed by atoms with Crippen molar-refractivity contribution in [2.45, 2.75) is 58.4 Å². The molecule has 0 amide bonds. The maximum absolute atomic E-state index is 9.38. The summed E-state index contributed by atoms with van der Waals surface area (Å²) < 4.78 is 1.61. The molecule has 0 aromatic rings. The van der Waals surface area contributed by atoms with Crippen molar-refractivity contribution in [2.75, 3.05) is 6.61 Å². The van der Waals surface area contributed by atoms with Crippen molar-refractivity contribution in [3.05, 3.63) is 20.0 Å². The summed E-state index contributed by atoms with van der Waals surface area (Å²) >= 11 is 2.31. The summed E-state index contributed by atoms with van der Waals surface area (Å²) in [4.78, 5) is 0. The van der Waals surface area contributed by atoms with Crippen LogP contribution in [0.2, 0.25) is 25.7 Å². The van der Waals surface area contributed by atoms with Crippen molar-refractivity contribution in [3.63, 3.8) is 0 Å². The zero-order valence-electron chi connectivity index (χ0n) is 13.8. The van der Waals surface area contributed by atoms with Crippen LogP contribution >= 0.6 is 0 Å². The average Bonchev–Trinajstić information content (AvgIpc) is 2.71. The van der Waals surface area contributed by atoms with E-state index in [4.69, 9.17) is 0 Å². The number of nitrogens with one attached hydrogen (secondary N) is 1. The van der Waals surface area contributed by atoms with Gasteiger partial charge in [-0.15, -0.1) is 0 Å². The Morgan fingerprint density at radius 3 is 2.19 bits per heavy atom. The van der Waals surface area contributed by atoms with Crippen LogP contribution in [-0.2, 0) is 20.4 Å². The minimum Gasteiger partial charge on any atom is -1.00 e. The van der Waals surface area contributed by atoms with Crippen LogP contribution in [0.15, 0.2) is 20.0 Å². The molecular weight excluding hydrogens is 373 g/mol. The average molecular weight is 399 g/mol. The van der Waals surface area contributed by atoms with Crippen molar-refractivity contribution in [2.24, 2.45) is 0 Å². The van der Waals surface area contributed by atoms with Crippen LogP contribution in [0.3, 0.4) is 0 Å². The van der Waals surface area contributed by atoms with Crippen LogP contribution in [0.4, 0.5) is 0 Å². The van der Waals surface area contributed by atoms with E-state index in [1.165, 1.54) is 5.70 Å². The number of aliphatic hydroxyl groups excluding tert-OH is 1. The van der Waals surface area contributed by atoms with E-state index in [-0.39, 0.29) is 30.4 Å². The molecule has 2 rings (SSSR count). The number of allylic oxidation sites excluding steroid dienone is 3. The normalized spacial score (nSPS) is 24.4. The first-order chi connectivity index (χ1) is 8.54. The minimum absolute atomic E-state index is 0. The summed E-state index contributed by atoms with van der Waals surface area (Å²) in [6.45, 7) is 14.6. The molecule has 0 saturated carbocycles. The summed E-state index contributed by atoms with van der Waals surface area (Å²) in [5.74, 6) is 0. The van der Waals surface area contributed by atoms with Crippen molar-refractivity contribution in [1.82, 2.24) is 5.32 Å². The van der Waals surface area contributed by atoms with Crippen LogP contribution in [0.5, 0.6) is 0 Å². The van der Waals surface area contributed by atoms with E-state index >= 15 is 0 Å². The molecule has 2 N–H and O–H groups in total. The molecule has 1 aliphatic carbocycles. The van der Waals surface area contributed by atoms with Crippen LogP contribution in [0.1, 0.15) is 27.2 Å². The van der Waals surface area contributed by atoms with Gasteiger partial charge in [-0.05, 0) is 0 Å². The summed E-state index contributed by atoms with van der Waals surface area (Å²) in [5.41, 5.74) is 1.66. The Bertz CT molecular complexity index is 486. The predicted molar refractivity (Wildman–Crippen MR) is 82.6 cm³/mol. The molecule has 119 valence electrons. The van der Waals surface area contributed by atoms with E-state index in [0.29, 0.717) is 6.61 Å². The van der Waals surface area contributed by atoms with Gasteiger partial charge in [0.1, 0.15) is 0 Å². The Labute approximate surface area is 155 Å². The predicted octanol–water partition coefficient (Wildman–Crippen LogP) is -3.21. The number of aliphatic hydroxyl groups is 1. The molecule has 1 heterocycles. The van der Waals surface area contributed by atoms with Crippen LogP contribution < -0.4 is 30.1 Å². The van der Waals surface area contributed by atoms with Crippen molar-refractivity contribution >= 4 is 15.2 Å². The van der Waals surface area contributed by atoms with E-state index in [1.54, 1.807) is 14.3 Å². The molecule has 7 heteroatoms. The van der Waals surface area contributed by atoms with Crippen molar-refractivity contribution in [3.8, 4) is 0 Å². The largest absolute Gasteiger partial charge is 1.00 e. The minimum atomic E-state index is -1.35. The molecule has 1 aliphatic heterocycles. The summed E-state index contributed by atoms with van der Waals surface area (Å²) in [6.07, 6.45) is 1.13. The van der Waals surface area contributed by atoms with E-state index in [1.807, 2.05) is 0 Å². The van der Waals surface area contributed by atoms with Crippen LogP contribution in [0, 0.1) is 0 Å². The Kier molecular flexibility index (Phi) is 7.15. The third-order valence-corrected chi connectivity index (χ3v) is 23.2. The zero-order valence-corrected chi connectivity index (χ0v) is 18.9. The van der Waals surface area contributed by atoms with E-state index in [0.717, 1.165) is 12.5 Å². The second kappa shape index (κ2) is 6.84. The Morgan fingerprint density at radius 2 is 1.76 bits per heavy atom. The molecule has 1 saturated heterocycles. The summed E-state index contributed by atoms with van der Waals surface area (Å²) in [7, 11) is -2.67. The van der Waals surface area contributed by atoms with Crippen LogP contribution in [0.25, 0.3) is 0 Å². The second-order valence-electron chi connectivity index (χ2n) is 7.74. The third kappa shape index (κ3) is 3.73. The molecule has 2 nitrogen and oxygen atoms in total. The van der Waals surface area contributed by atoms with E-state index < -0.39 is 15.2 Å². The standard InChI is InChI=1S/C14H26NOSi2.2ClH.Ti/c1-14(2,3)15-11-7-8-12-13(11)18(12,6)17(4,5)10-9-16;;;/h15-16H,7,9-10H2,1-6H3;2*1H;/q;;;+2/p-2. The number of rotatable bonds is 4. The topological polar surface area (TPSA) is 32.3 Å². The van der Waals surface area contributed by atoms with Gasteiger partial charge in [0.25, 0.3) is 0 Å². The van der Waals surface area contributed by atoms with Gasteiger partial charge in [-0.25, -0.2) is 0 Å². The van der Waals surface area contributed by atoms with Gasteiger partial charge >= 0.3 is 131 Å². The fourth-order valence-corrected chi connectivity index (χ4v) is 19.0. The molecule has 1 unspecified atom stereocenters. The van der Waals surface area contributed by atoms with Crippen LogP contribution in [-0.4, -0.2) is 32.4 Å². The first-order valence-electron chi connectivity index (χ1n) is 7.13. The second-order valence-corrected chi connectivity index (χ2v) is 23.3. The Balaban J connectivity index is 0.00000200. The summed E-state index contributed by atoms with van der Waals surface area (Å²) in [5, 5.41) is 16.6. The molecular formula is C14H26Cl2NOSi2Ti. The van der Waals surface area contributed by atoms with Gasteiger partial charge in [0.15, 0.2) is 0 Å². The molecule has 1 fully saturated rings. The molecule has 1 atom stereocenters. The Hall–Kier alpha value is 0.968. The molecule has 2 aliphatic rings.